The Hall–Kier alpha value is -6.58. The number of allylic oxidation sites excluding steroid dienone is 2. The fraction of sp³-hybridized carbons (Fsp3) is 0.0213. The lowest BCUT2D eigenvalue weighted by Gasteiger charge is -2.20. The Balaban J connectivity index is 1.04. The van der Waals surface area contributed by atoms with Gasteiger partial charge in [-0.2, -0.15) is 0 Å². The van der Waals surface area contributed by atoms with Gasteiger partial charge >= 0.3 is 0 Å². The Labute approximate surface area is 290 Å². The van der Waals surface area contributed by atoms with Crippen molar-refractivity contribution in [2.75, 3.05) is 6.54 Å². The van der Waals surface area contributed by atoms with Gasteiger partial charge < -0.3 is 14.5 Å². The van der Waals surface area contributed by atoms with Crippen LogP contribution in [0, 0.1) is 0 Å². The molecular formula is C47H33N3. The van der Waals surface area contributed by atoms with E-state index in [9.17, 15) is 0 Å². The van der Waals surface area contributed by atoms with Gasteiger partial charge in [0.25, 0.3) is 0 Å². The van der Waals surface area contributed by atoms with Gasteiger partial charge in [-0.1, -0.05) is 121 Å². The van der Waals surface area contributed by atoms with Crippen molar-refractivity contribution in [3.05, 3.63) is 188 Å². The van der Waals surface area contributed by atoms with E-state index in [2.05, 4.69) is 196 Å². The third kappa shape index (κ3) is 4.59. The lowest BCUT2D eigenvalue weighted by molar-refractivity contribution is 0.958. The van der Waals surface area contributed by atoms with Gasteiger partial charge in [-0.3, -0.25) is 0 Å². The van der Waals surface area contributed by atoms with E-state index in [-0.39, 0.29) is 0 Å². The van der Waals surface area contributed by atoms with Gasteiger partial charge in [0, 0.05) is 38.6 Å². The number of para-hydroxylation sites is 3. The zero-order valence-corrected chi connectivity index (χ0v) is 27.4. The van der Waals surface area contributed by atoms with Crippen LogP contribution in [0.3, 0.4) is 0 Å². The molecule has 0 fully saturated rings. The number of aromatic nitrogens is 2. The predicted octanol–water partition coefficient (Wildman–Crippen LogP) is 11.7. The minimum Gasteiger partial charge on any atom is -0.379 e. The molecular weight excluding hydrogens is 607 g/mol. The molecule has 50 heavy (non-hydrogen) atoms. The van der Waals surface area contributed by atoms with Crippen LogP contribution in [0.2, 0.25) is 0 Å². The monoisotopic (exact) mass is 639 g/mol. The molecule has 0 bridgehead atoms. The number of hydrogen-bond donors (Lipinski definition) is 1. The molecule has 0 atom stereocenters. The number of nitrogens with one attached hydrogen (secondary N) is 1. The van der Waals surface area contributed by atoms with Crippen molar-refractivity contribution in [2.24, 2.45) is 0 Å². The molecule has 3 heteroatoms. The van der Waals surface area contributed by atoms with Crippen LogP contribution in [0.25, 0.3) is 82.9 Å². The molecule has 1 aliphatic rings. The first kappa shape index (κ1) is 28.4. The van der Waals surface area contributed by atoms with Gasteiger partial charge in [-0.25, -0.2) is 0 Å². The summed E-state index contributed by atoms with van der Waals surface area (Å²) in [6, 6.07) is 61.4. The molecule has 236 valence electrons. The van der Waals surface area contributed by atoms with Crippen LogP contribution in [0.15, 0.2) is 182 Å². The maximum absolute atomic E-state index is 3.71. The summed E-state index contributed by atoms with van der Waals surface area (Å²) in [5, 5.41) is 8.77. The average molecular weight is 640 g/mol. The molecule has 0 aliphatic carbocycles. The van der Waals surface area contributed by atoms with Crippen LogP contribution in [0.4, 0.5) is 0 Å². The maximum Gasteiger partial charge on any atom is 0.0557 e. The molecule has 10 rings (SSSR count). The molecule has 2 aromatic heterocycles. The van der Waals surface area contributed by atoms with Crippen LogP contribution in [-0.2, 0) is 0 Å². The third-order valence-electron chi connectivity index (χ3n) is 10.2. The second-order valence-electron chi connectivity index (χ2n) is 13.0. The Morgan fingerprint density at radius 1 is 0.360 bits per heavy atom. The normalized spacial score (nSPS) is 13.1. The first-order valence-electron chi connectivity index (χ1n) is 17.2. The fourth-order valence-corrected chi connectivity index (χ4v) is 7.78. The van der Waals surface area contributed by atoms with Crippen LogP contribution in [-0.4, -0.2) is 15.7 Å². The minimum absolute atomic E-state index is 0.740. The van der Waals surface area contributed by atoms with E-state index < -0.39 is 0 Å². The fourth-order valence-electron chi connectivity index (χ4n) is 7.78. The highest BCUT2D eigenvalue weighted by Crippen LogP contribution is 2.38. The summed E-state index contributed by atoms with van der Waals surface area (Å²) in [6.45, 7) is 0.740. The first-order valence-corrected chi connectivity index (χ1v) is 17.2. The number of rotatable bonds is 5. The molecule has 0 radical (unpaired) electrons. The lowest BCUT2D eigenvalue weighted by atomic mass is 10.0. The van der Waals surface area contributed by atoms with Crippen LogP contribution in [0.1, 0.15) is 5.56 Å². The van der Waals surface area contributed by atoms with Crippen molar-refractivity contribution in [2.45, 2.75) is 0 Å². The summed E-state index contributed by atoms with van der Waals surface area (Å²) in [7, 11) is 0. The van der Waals surface area contributed by atoms with Gasteiger partial charge in [0.1, 0.15) is 0 Å². The summed E-state index contributed by atoms with van der Waals surface area (Å²) in [5.41, 5.74) is 14.5. The van der Waals surface area contributed by atoms with E-state index in [1.165, 1.54) is 82.8 Å². The van der Waals surface area contributed by atoms with Gasteiger partial charge in [-0.05, 0) is 88.5 Å². The average Bonchev–Trinajstić information content (AvgIpc) is 3.71. The largest absolute Gasteiger partial charge is 0.379 e. The Morgan fingerprint density at radius 2 is 0.840 bits per heavy atom. The van der Waals surface area contributed by atoms with Crippen molar-refractivity contribution >= 4 is 55.0 Å². The summed E-state index contributed by atoms with van der Waals surface area (Å²) < 4.78 is 4.79. The highest BCUT2D eigenvalue weighted by Gasteiger charge is 2.18. The van der Waals surface area contributed by atoms with Crippen molar-refractivity contribution < 1.29 is 0 Å². The highest BCUT2D eigenvalue weighted by molar-refractivity contribution is 6.13. The molecule has 7 aromatic carbocycles. The number of hydrogen-bond acceptors (Lipinski definition) is 1. The zero-order valence-electron chi connectivity index (χ0n) is 27.4. The van der Waals surface area contributed by atoms with Crippen LogP contribution >= 0.6 is 0 Å². The molecule has 3 heterocycles. The molecule has 0 saturated heterocycles. The Kier molecular flexibility index (Phi) is 6.56. The maximum atomic E-state index is 3.71. The predicted molar refractivity (Wildman–Crippen MR) is 211 cm³/mol. The molecule has 3 nitrogen and oxygen atoms in total. The second-order valence-corrected chi connectivity index (χ2v) is 13.0. The first-order chi connectivity index (χ1) is 24.8. The molecule has 1 aliphatic heterocycles. The van der Waals surface area contributed by atoms with E-state index in [0.29, 0.717) is 0 Å². The van der Waals surface area contributed by atoms with Crippen molar-refractivity contribution in [1.29, 1.82) is 0 Å². The minimum atomic E-state index is 0.740. The summed E-state index contributed by atoms with van der Waals surface area (Å²) >= 11 is 0. The van der Waals surface area contributed by atoms with E-state index in [0.717, 1.165) is 12.2 Å². The topological polar surface area (TPSA) is 21.9 Å². The van der Waals surface area contributed by atoms with Crippen molar-refractivity contribution in [3.8, 4) is 27.9 Å². The SMILES string of the molecule is C1=C(c2ccc(-c3ccccc3)cc2)NCC(n2c3ccccc3c3cc(-c4ccc5c(c4)c4ccccc4n5-c4ccccc4)ccc32)=C1. The Morgan fingerprint density at radius 3 is 1.46 bits per heavy atom. The molecule has 1 N–H and O–H groups in total. The molecule has 0 saturated carbocycles. The van der Waals surface area contributed by atoms with Gasteiger partial charge in [0.2, 0.25) is 0 Å². The second kappa shape index (κ2) is 11.5. The van der Waals surface area contributed by atoms with Crippen LogP contribution in [0.5, 0.6) is 0 Å². The highest BCUT2D eigenvalue weighted by atomic mass is 15.0. The van der Waals surface area contributed by atoms with Crippen molar-refractivity contribution in [3.63, 3.8) is 0 Å². The summed E-state index contributed by atoms with van der Waals surface area (Å²) in [6.07, 6.45) is 4.49. The quantitative estimate of drug-likeness (QED) is 0.199. The standard InChI is InChI=1S/C47H33N3/c1-3-11-32(12-4-1)33-19-21-34(22-20-33)43-26-25-38(31-48-43)50-45-18-10-8-16-40(45)42-30-36(24-28-47(42)50)35-23-27-46-41(29-35)39-15-7-9-17-44(39)49(46)37-13-5-2-6-14-37/h1-30,48H,31H2. The smallest absolute Gasteiger partial charge is 0.0557 e. The van der Waals surface area contributed by atoms with Gasteiger partial charge in [-0.15, -0.1) is 0 Å². The van der Waals surface area contributed by atoms with Crippen LogP contribution < -0.4 is 5.32 Å². The molecule has 0 spiro atoms. The van der Waals surface area contributed by atoms with Gasteiger partial charge in [0.05, 0.1) is 28.6 Å². The number of fused-ring (bicyclic) bond motifs is 6. The molecule has 0 amide bonds. The lowest BCUT2D eigenvalue weighted by Crippen LogP contribution is -2.20. The van der Waals surface area contributed by atoms with E-state index in [4.69, 9.17) is 0 Å². The summed E-state index contributed by atoms with van der Waals surface area (Å²) in [4.78, 5) is 0. The van der Waals surface area contributed by atoms with E-state index >= 15 is 0 Å². The number of nitrogens with zero attached hydrogens (tertiary/aromatic N) is 2. The Bertz CT molecular complexity index is 2780. The van der Waals surface area contributed by atoms with Gasteiger partial charge in [0.15, 0.2) is 0 Å². The summed E-state index contributed by atoms with van der Waals surface area (Å²) in [5.74, 6) is 0. The molecule has 0 unspecified atom stereocenters. The van der Waals surface area contributed by atoms with E-state index in [1.807, 2.05) is 0 Å². The number of benzene rings is 7. The zero-order chi connectivity index (χ0) is 33.0. The number of dihydropyridines is 1. The van der Waals surface area contributed by atoms with Crippen molar-refractivity contribution in [1.82, 2.24) is 14.5 Å². The third-order valence-corrected chi connectivity index (χ3v) is 10.2. The molecule has 9 aromatic rings. The van der Waals surface area contributed by atoms with E-state index in [1.54, 1.807) is 0 Å².